The standard InChI is InChI=1S/C28H43NO/c1-3-4-5-6-7-8-9-10-12-20-27(29-26-21-13-11-14-22-26)23-17-19-25-18-15-16-24-28(25)30-2/h11,13-16,18,21-22,24,27,29H,3-10,12,17,19-20,23H2,1-2H3. The smallest absolute Gasteiger partial charge is 0.122 e. The van der Waals surface area contributed by atoms with Gasteiger partial charge in [-0.15, -0.1) is 0 Å². The maximum atomic E-state index is 5.52. The first kappa shape index (κ1) is 24.3. The van der Waals surface area contributed by atoms with Crippen LogP contribution in [0.3, 0.4) is 0 Å². The molecule has 2 aromatic carbocycles. The lowest BCUT2D eigenvalue weighted by molar-refractivity contribution is 0.408. The molecule has 0 aliphatic carbocycles. The Kier molecular flexibility index (Phi) is 12.8. The SMILES string of the molecule is CCCCCCCCCCCC(CCCc1ccccc1OC)Nc1ccccc1. The van der Waals surface area contributed by atoms with Gasteiger partial charge < -0.3 is 10.1 Å². The minimum Gasteiger partial charge on any atom is -0.496 e. The Labute approximate surface area is 185 Å². The van der Waals surface area contributed by atoms with E-state index in [9.17, 15) is 0 Å². The number of hydrogen-bond donors (Lipinski definition) is 1. The second-order valence-corrected chi connectivity index (χ2v) is 8.53. The van der Waals surface area contributed by atoms with Crippen molar-refractivity contribution in [1.29, 1.82) is 0 Å². The van der Waals surface area contributed by atoms with Crippen molar-refractivity contribution in [2.45, 2.75) is 96.4 Å². The van der Waals surface area contributed by atoms with Gasteiger partial charge in [-0.05, 0) is 49.4 Å². The summed E-state index contributed by atoms with van der Waals surface area (Å²) in [6, 6.07) is 19.7. The summed E-state index contributed by atoms with van der Waals surface area (Å²) < 4.78 is 5.52. The van der Waals surface area contributed by atoms with Crippen LogP contribution in [-0.4, -0.2) is 13.2 Å². The minimum absolute atomic E-state index is 0.548. The molecule has 2 nitrogen and oxygen atoms in total. The van der Waals surface area contributed by atoms with Crippen molar-refractivity contribution in [3.8, 4) is 5.75 Å². The first-order chi connectivity index (χ1) is 14.8. The number of rotatable bonds is 17. The van der Waals surface area contributed by atoms with Crippen molar-refractivity contribution in [3.63, 3.8) is 0 Å². The molecule has 2 heteroatoms. The molecule has 0 saturated carbocycles. The molecule has 166 valence electrons. The lowest BCUT2D eigenvalue weighted by atomic mass is 9.98. The van der Waals surface area contributed by atoms with E-state index in [4.69, 9.17) is 4.74 Å². The fourth-order valence-electron chi connectivity index (χ4n) is 4.21. The van der Waals surface area contributed by atoms with Gasteiger partial charge in [0.2, 0.25) is 0 Å². The molecule has 0 aliphatic rings. The van der Waals surface area contributed by atoms with E-state index >= 15 is 0 Å². The molecule has 2 rings (SSSR count). The Morgan fingerprint density at radius 2 is 1.30 bits per heavy atom. The fraction of sp³-hybridized carbons (Fsp3) is 0.571. The van der Waals surface area contributed by atoms with Crippen LogP contribution in [0.15, 0.2) is 54.6 Å². The van der Waals surface area contributed by atoms with Gasteiger partial charge in [0.05, 0.1) is 7.11 Å². The largest absolute Gasteiger partial charge is 0.496 e. The van der Waals surface area contributed by atoms with E-state index in [0.29, 0.717) is 6.04 Å². The van der Waals surface area contributed by atoms with Crippen LogP contribution in [0.5, 0.6) is 5.75 Å². The van der Waals surface area contributed by atoms with E-state index in [-0.39, 0.29) is 0 Å². The van der Waals surface area contributed by atoms with E-state index < -0.39 is 0 Å². The van der Waals surface area contributed by atoms with Gasteiger partial charge in [-0.3, -0.25) is 0 Å². The summed E-state index contributed by atoms with van der Waals surface area (Å²) in [4.78, 5) is 0. The lowest BCUT2D eigenvalue weighted by Crippen LogP contribution is -2.19. The van der Waals surface area contributed by atoms with Gasteiger partial charge in [-0.2, -0.15) is 0 Å². The average molecular weight is 410 g/mol. The van der Waals surface area contributed by atoms with Crippen LogP contribution in [0.2, 0.25) is 0 Å². The van der Waals surface area contributed by atoms with Crippen molar-refractivity contribution in [2.75, 3.05) is 12.4 Å². The van der Waals surface area contributed by atoms with Gasteiger partial charge in [-0.1, -0.05) is 101 Å². The minimum atomic E-state index is 0.548. The van der Waals surface area contributed by atoms with Gasteiger partial charge in [0.15, 0.2) is 0 Å². The van der Waals surface area contributed by atoms with Crippen LogP contribution >= 0.6 is 0 Å². The van der Waals surface area contributed by atoms with Crippen molar-refractivity contribution in [3.05, 3.63) is 60.2 Å². The molecule has 0 bridgehead atoms. The second kappa shape index (κ2) is 15.8. The number of ether oxygens (including phenoxy) is 1. The summed E-state index contributed by atoms with van der Waals surface area (Å²) in [5.74, 6) is 1.02. The molecule has 0 heterocycles. The molecule has 0 spiro atoms. The summed E-state index contributed by atoms with van der Waals surface area (Å²) in [5.41, 5.74) is 2.57. The summed E-state index contributed by atoms with van der Waals surface area (Å²) in [7, 11) is 1.77. The second-order valence-electron chi connectivity index (χ2n) is 8.53. The van der Waals surface area contributed by atoms with Crippen LogP contribution in [0.1, 0.15) is 89.5 Å². The van der Waals surface area contributed by atoms with Gasteiger partial charge >= 0.3 is 0 Å². The third-order valence-electron chi connectivity index (χ3n) is 5.99. The molecule has 30 heavy (non-hydrogen) atoms. The maximum Gasteiger partial charge on any atom is 0.122 e. The zero-order valence-electron chi connectivity index (χ0n) is 19.4. The number of para-hydroxylation sites is 2. The number of unbranched alkanes of at least 4 members (excludes halogenated alkanes) is 8. The van der Waals surface area contributed by atoms with Gasteiger partial charge in [0.25, 0.3) is 0 Å². The lowest BCUT2D eigenvalue weighted by Gasteiger charge is -2.20. The first-order valence-corrected chi connectivity index (χ1v) is 12.3. The molecular weight excluding hydrogens is 366 g/mol. The van der Waals surface area contributed by atoms with E-state index in [2.05, 4.69) is 60.8 Å². The van der Waals surface area contributed by atoms with Crippen LogP contribution in [0.4, 0.5) is 5.69 Å². The van der Waals surface area contributed by atoms with Gasteiger partial charge in [0, 0.05) is 11.7 Å². The zero-order valence-corrected chi connectivity index (χ0v) is 19.4. The molecule has 0 fully saturated rings. The summed E-state index contributed by atoms with van der Waals surface area (Å²) in [6.07, 6.45) is 17.2. The third-order valence-corrected chi connectivity index (χ3v) is 5.99. The number of aryl methyl sites for hydroxylation is 1. The van der Waals surface area contributed by atoms with Crippen LogP contribution in [-0.2, 0) is 6.42 Å². The number of methoxy groups -OCH3 is 1. The average Bonchev–Trinajstić information content (AvgIpc) is 2.78. The van der Waals surface area contributed by atoms with Gasteiger partial charge in [-0.25, -0.2) is 0 Å². The molecule has 0 radical (unpaired) electrons. The number of benzene rings is 2. The molecule has 0 aromatic heterocycles. The predicted octanol–water partition coefficient (Wildman–Crippen LogP) is 8.42. The van der Waals surface area contributed by atoms with Crippen molar-refractivity contribution in [2.24, 2.45) is 0 Å². The third kappa shape index (κ3) is 10.2. The Morgan fingerprint density at radius 1 is 0.700 bits per heavy atom. The first-order valence-electron chi connectivity index (χ1n) is 12.3. The van der Waals surface area contributed by atoms with Crippen LogP contribution in [0, 0.1) is 0 Å². The Hall–Kier alpha value is -1.96. The Morgan fingerprint density at radius 3 is 2.00 bits per heavy atom. The van der Waals surface area contributed by atoms with E-state index in [0.717, 1.165) is 12.2 Å². The quantitative estimate of drug-likeness (QED) is 0.265. The van der Waals surface area contributed by atoms with Crippen molar-refractivity contribution >= 4 is 5.69 Å². The number of anilines is 1. The topological polar surface area (TPSA) is 21.3 Å². The van der Waals surface area contributed by atoms with E-state index in [1.165, 1.54) is 88.3 Å². The highest BCUT2D eigenvalue weighted by atomic mass is 16.5. The monoisotopic (exact) mass is 409 g/mol. The van der Waals surface area contributed by atoms with Crippen molar-refractivity contribution in [1.82, 2.24) is 0 Å². The highest BCUT2D eigenvalue weighted by molar-refractivity contribution is 5.43. The predicted molar refractivity (Wildman–Crippen MR) is 132 cm³/mol. The van der Waals surface area contributed by atoms with E-state index in [1.54, 1.807) is 7.11 Å². The number of nitrogens with one attached hydrogen (secondary N) is 1. The molecule has 1 atom stereocenters. The zero-order chi connectivity index (χ0) is 21.3. The summed E-state index contributed by atoms with van der Waals surface area (Å²) in [6.45, 7) is 2.29. The Bertz CT molecular complexity index is 655. The molecule has 0 aliphatic heterocycles. The van der Waals surface area contributed by atoms with Crippen molar-refractivity contribution < 1.29 is 4.74 Å². The molecule has 1 N–H and O–H groups in total. The highest BCUT2D eigenvalue weighted by Gasteiger charge is 2.10. The van der Waals surface area contributed by atoms with E-state index in [1.807, 2.05) is 6.07 Å². The molecule has 0 amide bonds. The van der Waals surface area contributed by atoms with Crippen LogP contribution < -0.4 is 10.1 Å². The Balaban J connectivity index is 1.72. The summed E-state index contributed by atoms with van der Waals surface area (Å²) >= 11 is 0. The maximum absolute atomic E-state index is 5.52. The molecule has 0 saturated heterocycles. The fourth-order valence-corrected chi connectivity index (χ4v) is 4.21. The van der Waals surface area contributed by atoms with Gasteiger partial charge in [0.1, 0.15) is 5.75 Å². The molecule has 1 unspecified atom stereocenters. The molecule has 2 aromatic rings. The molecular formula is C28H43NO. The normalized spacial score (nSPS) is 11.9. The number of hydrogen-bond acceptors (Lipinski definition) is 2. The summed E-state index contributed by atoms with van der Waals surface area (Å²) in [5, 5.41) is 3.79. The van der Waals surface area contributed by atoms with Crippen LogP contribution in [0.25, 0.3) is 0 Å². The highest BCUT2D eigenvalue weighted by Crippen LogP contribution is 2.22.